The fourth-order valence-electron chi connectivity index (χ4n) is 4.62. The molecule has 0 spiro atoms. The third kappa shape index (κ3) is 4.45. The monoisotopic (exact) mass is 530 g/mol. The molecule has 0 radical (unpaired) electrons. The first-order chi connectivity index (χ1) is 18.3. The number of nitrogens with zero attached hydrogens (tertiary/aromatic N) is 5. The van der Waals surface area contributed by atoms with Gasteiger partial charge in [0.1, 0.15) is 17.4 Å². The van der Waals surface area contributed by atoms with Crippen molar-refractivity contribution in [1.29, 1.82) is 0 Å². The number of imidazole rings is 1. The Morgan fingerprint density at radius 2 is 1.84 bits per heavy atom. The molecule has 4 heterocycles. The number of rotatable bonds is 6. The van der Waals surface area contributed by atoms with Crippen molar-refractivity contribution >= 4 is 28.7 Å². The van der Waals surface area contributed by atoms with Crippen LogP contribution in [0.15, 0.2) is 66.1 Å². The van der Waals surface area contributed by atoms with Crippen molar-refractivity contribution in [2.45, 2.75) is 31.0 Å². The van der Waals surface area contributed by atoms with E-state index in [1.807, 2.05) is 12.1 Å². The van der Waals surface area contributed by atoms with E-state index in [9.17, 15) is 13.9 Å². The molecule has 7 nitrogen and oxygen atoms in total. The van der Waals surface area contributed by atoms with E-state index < -0.39 is 5.82 Å². The second kappa shape index (κ2) is 9.36. The Bertz CT molecular complexity index is 1690. The number of fused-ring (bicyclic) bond motifs is 3. The summed E-state index contributed by atoms with van der Waals surface area (Å²) in [5, 5.41) is 14.6. The highest BCUT2D eigenvalue weighted by Gasteiger charge is 2.35. The lowest BCUT2D eigenvalue weighted by molar-refractivity contribution is 0.404. The third-order valence-electron chi connectivity index (χ3n) is 6.50. The maximum absolute atomic E-state index is 14.0. The highest BCUT2D eigenvalue weighted by Crippen LogP contribution is 2.41. The van der Waals surface area contributed by atoms with Gasteiger partial charge in [0.25, 0.3) is 0 Å². The van der Waals surface area contributed by atoms with E-state index in [0.29, 0.717) is 52.5 Å². The van der Waals surface area contributed by atoms with E-state index >= 15 is 0 Å². The molecule has 10 heteroatoms. The molecule has 0 saturated heterocycles. The maximum atomic E-state index is 14.0. The first kappa shape index (κ1) is 24.3. The molecule has 0 fully saturated rings. The van der Waals surface area contributed by atoms with Gasteiger partial charge in [-0.1, -0.05) is 30.0 Å². The van der Waals surface area contributed by atoms with Crippen molar-refractivity contribution in [3.8, 4) is 28.3 Å². The SMILES string of the molecule is CC1(C)CSc2nc3c(NCCc4ccc(O)c(-c5cccc(F)c5)c4)nc(-c4cncc(F)c4)nc3n21. The van der Waals surface area contributed by atoms with Gasteiger partial charge >= 0.3 is 0 Å². The number of hydrogen-bond acceptors (Lipinski definition) is 7. The van der Waals surface area contributed by atoms with Crippen molar-refractivity contribution in [3.05, 3.63) is 78.1 Å². The first-order valence-corrected chi connectivity index (χ1v) is 13.1. The van der Waals surface area contributed by atoms with Crippen LogP contribution in [0.4, 0.5) is 14.6 Å². The third-order valence-corrected chi connectivity index (χ3v) is 7.88. The number of phenols is 1. The minimum atomic E-state index is -0.462. The Morgan fingerprint density at radius 3 is 2.66 bits per heavy atom. The molecule has 1 aliphatic rings. The summed E-state index contributed by atoms with van der Waals surface area (Å²) >= 11 is 1.67. The van der Waals surface area contributed by atoms with E-state index in [1.54, 1.807) is 36.2 Å². The quantitative estimate of drug-likeness (QED) is 0.277. The number of pyridine rings is 1. The molecular weight excluding hydrogens is 506 g/mol. The predicted molar refractivity (Wildman–Crippen MR) is 144 cm³/mol. The molecule has 192 valence electrons. The molecular formula is C28H24F2N6OS. The molecule has 6 rings (SSSR count). The zero-order chi connectivity index (χ0) is 26.4. The van der Waals surface area contributed by atoms with E-state index in [0.717, 1.165) is 22.7 Å². The molecule has 0 atom stereocenters. The van der Waals surface area contributed by atoms with Crippen molar-refractivity contribution in [2.24, 2.45) is 0 Å². The number of nitrogens with one attached hydrogen (secondary N) is 1. The average molecular weight is 531 g/mol. The van der Waals surface area contributed by atoms with Crippen LogP contribution in [0.3, 0.4) is 0 Å². The number of hydrogen-bond donors (Lipinski definition) is 2. The molecule has 2 N–H and O–H groups in total. The van der Waals surface area contributed by atoms with Crippen LogP contribution in [0, 0.1) is 11.6 Å². The average Bonchev–Trinajstić information content (AvgIpc) is 3.42. The highest BCUT2D eigenvalue weighted by atomic mass is 32.2. The van der Waals surface area contributed by atoms with Crippen LogP contribution in [0.2, 0.25) is 0 Å². The molecule has 5 aromatic rings. The number of anilines is 1. The Labute approximate surface area is 222 Å². The van der Waals surface area contributed by atoms with Crippen LogP contribution >= 0.6 is 11.8 Å². The zero-order valence-corrected chi connectivity index (χ0v) is 21.6. The normalized spacial score (nSPS) is 14.1. The second-order valence-corrected chi connectivity index (χ2v) is 10.8. The summed E-state index contributed by atoms with van der Waals surface area (Å²) < 4.78 is 29.8. The van der Waals surface area contributed by atoms with Gasteiger partial charge < -0.3 is 10.4 Å². The minimum Gasteiger partial charge on any atom is -0.507 e. The van der Waals surface area contributed by atoms with Crippen LogP contribution in [0.5, 0.6) is 5.75 Å². The van der Waals surface area contributed by atoms with Gasteiger partial charge in [-0.3, -0.25) is 9.55 Å². The summed E-state index contributed by atoms with van der Waals surface area (Å²) in [6, 6.07) is 12.8. The molecule has 0 bridgehead atoms. The van der Waals surface area contributed by atoms with Crippen LogP contribution < -0.4 is 5.32 Å². The fourth-order valence-corrected chi connectivity index (χ4v) is 5.85. The lowest BCUT2D eigenvalue weighted by atomic mass is 10.0. The first-order valence-electron chi connectivity index (χ1n) is 12.1. The van der Waals surface area contributed by atoms with Crippen molar-refractivity contribution in [3.63, 3.8) is 0 Å². The molecule has 0 unspecified atom stereocenters. The molecule has 0 saturated carbocycles. The van der Waals surface area contributed by atoms with Gasteiger partial charge in [0.15, 0.2) is 28.0 Å². The van der Waals surface area contributed by atoms with Crippen LogP contribution in [-0.4, -0.2) is 41.9 Å². The molecule has 38 heavy (non-hydrogen) atoms. The summed E-state index contributed by atoms with van der Waals surface area (Å²) in [5.74, 6) is 1.06. The summed E-state index contributed by atoms with van der Waals surface area (Å²) in [5.41, 5.74) is 3.76. The van der Waals surface area contributed by atoms with E-state index in [1.165, 1.54) is 18.2 Å². The van der Waals surface area contributed by atoms with E-state index in [-0.39, 0.29) is 17.1 Å². The Kier molecular flexibility index (Phi) is 5.98. The largest absolute Gasteiger partial charge is 0.507 e. The van der Waals surface area contributed by atoms with Crippen molar-refractivity contribution < 1.29 is 13.9 Å². The summed E-state index contributed by atoms with van der Waals surface area (Å²) in [7, 11) is 0. The van der Waals surface area contributed by atoms with Gasteiger partial charge in [-0.15, -0.1) is 0 Å². The smallest absolute Gasteiger partial charge is 0.171 e. The zero-order valence-electron chi connectivity index (χ0n) is 20.7. The summed E-state index contributed by atoms with van der Waals surface area (Å²) in [4.78, 5) is 18.3. The summed E-state index contributed by atoms with van der Waals surface area (Å²) in [6.45, 7) is 4.79. The number of benzene rings is 2. The Balaban J connectivity index is 1.33. The van der Waals surface area contributed by atoms with Crippen molar-refractivity contribution in [1.82, 2.24) is 24.5 Å². The number of aromatic nitrogens is 5. The topological polar surface area (TPSA) is 88.8 Å². The molecule has 2 aromatic carbocycles. The standard InChI is InChI=1S/C28H24F2N6OS/c1-28(2)15-38-27-33-23-25(34-24(35-26(23)36(27)28)18-12-20(30)14-31-13-18)32-9-8-16-6-7-22(37)21(10-16)17-4-3-5-19(29)11-17/h3-7,10-14,37H,8-9,15H2,1-2H3,(H,32,34,35). The Morgan fingerprint density at radius 1 is 1.00 bits per heavy atom. The maximum Gasteiger partial charge on any atom is 0.171 e. The Hall–Kier alpha value is -4.05. The fraction of sp³-hybridized carbons (Fsp3) is 0.214. The van der Waals surface area contributed by atoms with Gasteiger partial charge in [-0.05, 0) is 61.7 Å². The van der Waals surface area contributed by atoms with Gasteiger partial charge in [-0.2, -0.15) is 0 Å². The lowest BCUT2D eigenvalue weighted by Crippen LogP contribution is -2.24. The molecule has 1 aliphatic heterocycles. The molecule has 0 aliphatic carbocycles. The lowest BCUT2D eigenvalue weighted by Gasteiger charge is -2.20. The van der Waals surface area contributed by atoms with Crippen molar-refractivity contribution in [2.75, 3.05) is 17.6 Å². The predicted octanol–water partition coefficient (Wildman–Crippen LogP) is 6.03. The van der Waals surface area contributed by atoms with E-state index in [2.05, 4.69) is 28.7 Å². The molecule has 0 amide bonds. The summed E-state index contributed by atoms with van der Waals surface area (Å²) in [6.07, 6.45) is 3.30. The minimum absolute atomic E-state index is 0.0887. The molecule has 3 aromatic heterocycles. The highest BCUT2D eigenvalue weighted by molar-refractivity contribution is 7.99. The van der Waals surface area contributed by atoms with Gasteiger partial charge in [0, 0.05) is 29.6 Å². The van der Waals surface area contributed by atoms with E-state index in [4.69, 9.17) is 15.0 Å². The second-order valence-electron chi connectivity index (χ2n) is 9.83. The van der Waals surface area contributed by atoms with Crippen LogP contribution in [0.25, 0.3) is 33.7 Å². The number of thioether (sulfide) groups is 1. The van der Waals surface area contributed by atoms with Gasteiger partial charge in [-0.25, -0.2) is 23.7 Å². The number of halogens is 2. The van der Waals surface area contributed by atoms with Gasteiger partial charge in [0.2, 0.25) is 0 Å². The number of phenolic OH excluding ortho intramolecular Hbond substituents is 1. The van der Waals surface area contributed by atoms with Crippen LogP contribution in [-0.2, 0) is 12.0 Å². The number of aromatic hydroxyl groups is 1. The van der Waals surface area contributed by atoms with Gasteiger partial charge in [0.05, 0.1) is 11.7 Å². The van der Waals surface area contributed by atoms with Crippen LogP contribution in [0.1, 0.15) is 19.4 Å².